The number of anilines is 1. The molecule has 2 aromatic heterocycles. The van der Waals surface area contributed by atoms with E-state index in [1.807, 2.05) is 19.2 Å². The molecule has 0 unspecified atom stereocenters. The van der Waals surface area contributed by atoms with Gasteiger partial charge in [-0.05, 0) is 30.9 Å². The Bertz CT molecular complexity index is 892. The minimum absolute atomic E-state index is 0.0335. The number of carbonyl (C=O) groups excluding carboxylic acids is 1. The summed E-state index contributed by atoms with van der Waals surface area (Å²) in [6.45, 7) is 0.748. The molecule has 1 aliphatic heterocycles. The van der Waals surface area contributed by atoms with E-state index in [9.17, 15) is 4.79 Å². The molecule has 3 heterocycles. The Hall–Kier alpha value is -2.67. The van der Waals surface area contributed by atoms with Crippen molar-refractivity contribution in [2.45, 2.75) is 31.8 Å². The lowest BCUT2D eigenvalue weighted by Gasteiger charge is -2.03. The van der Waals surface area contributed by atoms with Crippen LogP contribution in [0.15, 0.2) is 30.5 Å². The lowest BCUT2D eigenvalue weighted by atomic mass is 10.1. The number of carbonyl (C=O) groups is 1. The molecule has 25 heavy (non-hydrogen) atoms. The van der Waals surface area contributed by atoms with Gasteiger partial charge in [0.05, 0.1) is 0 Å². The number of fused-ring (bicyclic) bond motifs is 1. The Labute approximate surface area is 145 Å². The molecule has 1 fully saturated rings. The number of nitrogens with zero attached hydrogens (tertiary/aromatic N) is 3. The number of para-hydroxylation sites is 1. The fourth-order valence-corrected chi connectivity index (χ4v) is 3.33. The summed E-state index contributed by atoms with van der Waals surface area (Å²) in [5.41, 5.74) is 2.34. The van der Waals surface area contributed by atoms with E-state index in [1.54, 1.807) is 0 Å². The first-order valence-electron chi connectivity index (χ1n) is 8.57. The third kappa shape index (κ3) is 3.28. The molecule has 0 radical (unpaired) electrons. The molecular weight excluding hydrogens is 318 g/mol. The van der Waals surface area contributed by atoms with Gasteiger partial charge in [-0.25, -0.2) is 0 Å². The normalized spacial score (nSPS) is 17.2. The van der Waals surface area contributed by atoms with Crippen molar-refractivity contribution in [1.82, 2.24) is 19.7 Å². The van der Waals surface area contributed by atoms with E-state index in [0.717, 1.165) is 19.4 Å². The number of rotatable bonds is 5. The van der Waals surface area contributed by atoms with Crippen LogP contribution < -0.4 is 5.32 Å². The second-order valence-electron chi connectivity index (χ2n) is 6.38. The summed E-state index contributed by atoms with van der Waals surface area (Å²) in [5, 5.41) is 10.9. The van der Waals surface area contributed by atoms with Crippen LogP contribution in [0.1, 0.15) is 36.8 Å². The Morgan fingerprint density at radius 1 is 1.44 bits per heavy atom. The predicted molar refractivity (Wildman–Crippen MR) is 94.2 cm³/mol. The Kier molecular flexibility index (Phi) is 4.23. The molecule has 0 aliphatic carbocycles. The van der Waals surface area contributed by atoms with Crippen LogP contribution in [0, 0.1) is 0 Å². The summed E-state index contributed by atoms with van der Waals surface area (Å²) in [4.78, 5) is 16.5. The molecule has 7 heteroatoms. The summed E-state index contributed by atoms with van der Waals surface area (Å²) in [5.74, 6) is 0.904. The van der Waals surface area contributed by atoms with Crippen LogP contribution >= 0.6 is 0 Å². The average Bonchev–Trinajstić information content (AvgIpc) is 3.34. The van der Waals surface area contributed by atoms with E-state index >= 15 is 0 Å². The summed E-state index contributed by atoms with van der Waals surface area (Å²) in [7, 11) is 2.02. The number of aromatic amines is 1. The predicted octanol–water partition coefficient (Wildman–Crippen LogP) is 2.72. The zero-order valence-electron chi connectivity index (χ0n) is 14.2. The molecule has 0 spiro atoms. The van der Waals surface area contributed by atoms with Gasteiger partial charge in [0.25, 0.3) is 0 Å². The maximum Gasteiger partial charge on any atom is 0.248 e. The van der Waals surface area contributed by atoms with Gasteiger partial charge in [-0.3, -0.25) is 15.2 Å². The van der Waals surface area contributed by atoms with Crippen molar-refractivity contribution >= 4 is 22.8 Å². The molecule has 1 amide bonds. The van der Waals surface area contributed by atoms with Gasteiger partial charge in [0.15, 0.2) is 5.82 Å². The molecule has 1 atom stereocenters. The van der Waals surface area contributed by atoms with Crippen LogP contribution in [0.25, 0.3) is 10.9 Å². The number of benzene rings is 1. The number of ether oxygens (including phenoxy) is 1. The maximum absolute atomic E-state index is 12.2. The summed E-state index contributed by atoms with van der Waals surface area (Å²) >= 11 is 0. The van der Waals surface area contributed by atoms with Gasteiger partial charge >= 0.3 is 0 Å². The number of aromatic nitrogens is 4. The molecule has 1 saturated heterocycles. The summed E-state index contributed by atoms with van der Waals surface area (Å²) in [6.07, 6.45) is 5.07. The molecule has 1 aliphatic rings. The molecule has 0 saturated carbocycles. The molecule has 4 rings (SSSR count). The largest absolute Gasteiger partial charge is 0.370 e. The first-order valence-corrected chi connectivity index (χ1v) is 8.57. The van der Waals surface area contributed by atoms with E-state index in [1.165, 1.54) is 16.5 Å². The van der Waals surface area contributed by atoms with E-state index in [4.69, 9.17) is 4.74 Å². The Morgan fingerprint density at radius 3 is 3.16 bits per heavy atom. The van der Waals surface area contributed by atoms with Crippen molar-refractivity contribution in [3.63, 3.8) is 0 Å². The minimum Gasteiger partial charge on any atom is -0.370 e. The van der Waals surface area contributed by atoms with Gasteiger partial charge in [-0.15, -0.1) is 5.10 Å². The van der Waals surface area contributed by atoms with E-state index in [2.05, 4.69) is 43.4 Å². The van der Waals surface area contributed by atoms with Crippen LogP contribution in [0.4, 0.5) is 5.95 Å². The van der Waals surface area contributed by atoms with Gasteiger partial charge in [0.2, 0.25) is 11.9 Å². The quantitative estimate of drug-likeness (QED) is 0.748. The molecule has 2 N–H and O–H groups in total. The van der Waals surface area contributed by atoms with Gasteiger partial charge in [-0.2, -0.15) is 4.98 Å². The number of nitrogens with one attached hydrogen (secondary N) is 2. The molecule has 0 bridgehead atoms. The third-order valence-electron chi connectivity index (χ3n) is 4.59. The van der Waals surface area contributed by atoms with Crippen LogP contribution in [-0.2, 0) is 23.0 Å². The second-order valence-corrected chi connectivity index (χ2v) is 6.38. The van der Waals surface area contributed by atoms with Crippen molar-refractivity contribution in [2.75, 3.05) is 11.9 Å². The number of H-pyrrole nitrogens is 1. The third-order valence-corrected chi connectivity index (χ3v) is 4.59. The van der Waals surface area contributed by atoms with Crippen molar-refractivity contribution in [3.8, 4) is 0 Å². The molecule has 3 aromatic rings. The Morgan fingerprint density at radius 2 is 2.32 bits per heavy atom. The van der Waals surface area contributed by atoms with E-state index < -0.39 is 0 Å². The average molecular weight is 339 g/mol. The maximum atomic E-state index is 12.2. The summed E-state index contributed by atoms with van der Waals surface area (Å²) in [6, 6.07) is 8.21. The highest BCUT2D eigenvalue weighted by Gasteiger charge is 2.21. The SMILES string of the molecule is Cn1cc(CCC(=O)Nc2n[nH]c([C@H]3CCCO3)n2)c2ccccc21. The smallest absolute Gasteiger partial charge is 0.248 e. The highest BCUT2D eigenvalue weighted by Crippen LogP contribution is 2.26. The summed E-state index contributed by atoms with van der Waals surface area (Å²) < 4.78 is 7.65. The van der Waals surface area contributed by atoms with Crippen LogP contribution in [0.2, 0.25) is 0 Å². The number of hydrogen-bond acceptors (Lipinski definition) is 4. The highest BCUT2D eigenvalue weighted by molar-refractivity contribution is 5.90. The zero-order valence-corrected chi connectivity index (χ0v) is 14.2. The van der Waals surface area contributed by atoms with Gasteiger partial charge in [0, 0.05) is 37.2 Å². The number of amides is 1. The molecule has 7 nitrogen and oxygen atoms in total. The first kappa shape index (κ1) is 15.8. The van der Waals surface area contributed by atoms with Gasteiger partial charge < -0.3 is 9.30 Å². The molecular formula is C18H21N5O2. The lowest BCUT2D eigenvalue weighted by molar-refractivity contribution is -0.116. The van der Waals surface area contributed by atoms with E-state index in [-0.39, 0.29) is 12.0 Å². The highest BCUT2D eigenvalue weighted by atomic mass is 16.5. The van der Waals surface area contributed by atoms with Gasteiger partial charge in [0.1, 0.15) is 6.10 Å². The fraction of sp³-hybridized carbons (Fsp3) is 0.389. The molecule has 1 aromatic carbocycles. The van der Waals surface area contributed by atoms with Crippen molar-refractivity contribution < 1.29 is 9.53 Å². The Balaban J connectivity index is 1.37. The van der Waals surface area contributed by atoms with Crippen LogP contribution in [0.3, 0.4) is 0 Å². The van der Waals surface area contributed by atoms with E-state index in [0.29, 0.717) is 24.6 Å². The lowest BCUT2D eigenvalue weighted by Crippen LogP contribution is -2.13. The number of aryl methyl sites for hydroxylation is 2. The second kappa shape index (κ2) is 6.68. The van der Waals surface area contributed by atoms with Gasteiger partial charge in [-0.1, -0.05) is 18.2 Å². The monoisotopic (exact) mass is 339 g/mol. The van der Waals surface area contributed by atoms with Crippen molar-refractivity contribution in [1.29, 1.82) is 0 Å². The topological polar surface area (TPSA) is 84.8 Å². The fourth-order valence-electron chi connectivity index (χ4n) is 3.33. The first-order chi connectivity index (χ1) is 12.2. The standard InChI is InChI=1S/C18H21N5O2/c1-23-11-12(13-5-2-3-6-14(13)23)8-9-16(24)19-18-20-17(21-22-18)15-7-4-10-25-15/h2-3,5-6,11,15H,4,7-10H2,1H3,(H2,19,20,21,22,24)/t15-/m1/s1. The van der Waals surface area contributed by atoms with Crippen molar-refractivity contribution in [3.05, 3.63) is 41.9 Å². The zero-order chi connectivity index (χ0) is 17.2. The number of hydrogen-bond donors (Lipinski definition) is 2. The minimum atomic E-state index is -0.0918. The molecule has 130 valence electrons. The van der Waals surface area contributed by atoms with Crippen LogP contribution in [-0.4, -0.2) is 32.3 Å². The van der Waals surface area contributed by atoms with Crippen LogP contribution in [0.5, 0.6) is 0 Å². The van der Waals surface area contributed by atoms with Crippen molar-refractivity contribution in [2.24, 2.45) is 7.05 Å².